The molecule has 1 saturated carbocycles. The Labute approximate surface area is 206 Å². The molecule has 7 nitrogen and oxygen atoms in total. The summed E-state index contributed by atoms with van der Waals surface area (Å²) in [5.41, 5.74) is 3.48. The minimum atomic E-state index is -1.08. The third-order valence-electron chi connectivity index (χ3n) is 7.22. The van der Waals surface area contributed by atoms with Gasteiger partial charge in [0.1, 0.15) is 12.1 Å². The molecule has 0 radical (unpaired) electrons. The van der Waals surface area contributed by atoms with E-state index in [4.69, 9.17) is 4.74 Å². The molecule has 1 atom stereocenters. The van der Waals surface area contributed by atoms with E-state index in [1.165, 1.54) is 0 Å². The van der Waals surface area contributed by atoms with E-state index < -0.39 is 23.6 Å². The summed E-state index contributed by atoms with van der Waals surface area (Å²) in [6.07, 6.45) is 4.21. The van der Waals surface area contributed by atoms with Crippen molar-refractivity contribution in [1.82, 2.24) is 10.6 Å². The van der Waals surface area contributed by atoms with Gasteiger partial charge < -0.3 is 20.5 Å². The van der Waals surface area contributed by atoms with Gasteiger partial charge in [-0.1, -0.05) is 81.1 Å². The highest BCUT2D eigenvalue weighted by Gasteiger charge is 2.42. The minimum absolute atomic E-state index is 0.0613. The van der Waals surface area contributed by atoms with Crippen LogP contribution in [0.15, 0.2) is 48.5 Å². The lowest BCUT2D eigenvalue weighted by atomic mass is 9.80. The highest BCUT2D eigenvalue weighted by atomic mass is 16.5. The molecular weight excluding hydrogens is 444 g/mol. The highest BCUT2D eigenvalue weighted by molar-refractivity contribution is 5.90. The van der Waals surface area contributed by atoms with Crippen molar-refractivity contribution in [2.75, 3.05) is 6.61 Å². The number of ether oxygens (including phenoxy) is 1. The van der Waals surface area contributed by atoms with Gasteiger partial charge in [-0.25, -0.2) is 4.79 Å². The second-order valence-corrected chi connectivity index (χ2v) is 9.65. The van der Waals surface area contributed by atoms with Crippen molar-refractivity contribution in [3.63, 3.8) is 0 Å². The SMILES string of the molecule is CCC[C@@H](CC(=O)O)NC(=O)C1(NC(=O)OCC2c3ccccc3-c3ccccc32)CCCCC1. The molecule has 0 aromatic heterocycles. The Kier molecular flexibility index (Phi) is 7.73. The summed E-state index contributed by atoms with van der Waals surface area (Å²) >= 11 is 0. The summed E-state index contributed by atoms with van der Waals surface area (Å²) in [4.78, 5) is 37.6. The van der Waals surface area contributed by atoms with Crippen molar-refractivity contribution in [2.45, 2.75) is 75.8 Å². The summed E-state index contributed by atoms with van der Waals surface area (Å²) in [5.74, 6) is -1.33. The molecule has 1 fully saturated rings. The minimum Gasteiger partial charge on any atom is -0.481 e. The maximum atomic E-state index is 13.3. The van der Waals surface area contributed by atoms with Gasteiger partial charge in [0.15, 0.2) is 0 Å². The van der Waals surface area contributed by atoms with Crippen LogP contribution in [0.2, 0.25) is 0 Å². The maximum Gasteiger partial charge on any atom is 0.408 e. The molecule has 4 rings (SSSR count). The number of hydrogen-bond acceptors (Lipinski definition) is 4. The van der Waals surface area contributed by atoms with E-state index in [-0.39, 0.29) is 24.9 Å². The molecule has 0 saturated heterocycles. The Hall–Kier alpha value is -3.35. The van der Waals surface area contributed by atoms with Gasteiger partial charge in [0, 0.05) is 12.0 Å². The standard InChI is InChI=1S/C28H34N2O5/c1-2-10-19(17-25(31)32)29-26(33)28(15-8-3-9-16-28)30-27(34)35-18-24-22-13-6-4-11-20(22)21-12-5-7-14-23(21)24/h4-7,11-14,19,24H,2-3,8-10,15-18H2,1H3,(H,29,33)(H,30,34)(H,31,32)/t19-/m0/s1. The molecule has 0 bridgehead atoms. The molecule has 0 spiro atoms. The number of aliphatic carboxylic acids is 1. The highest BCUT2D eigenvalue weighted by Crippen LogP contribution is 2.44. The fraction of sp³-hybridized carbons (Fsp3) is 0.464. The van der Waals surface area contributed by atoms with Crippen molar-refractivity contribution in [3.05, 3.63) is 59.7 Å². The van der Waals surface area contributed by atoms with Gasteiger partial charge >= 0.3 is 12.1 Å². The molecule has 7 heteroatoms. The summed E-state index contributed by atoms with van der Waals surface area (Å²) in [7, 11) is 0. The number of rotatable bonds is 9. The van der Waals surface area contributed by atoms with Crippen LogP contribution in [0, 0.1) is 0 Å². The molecule has 2 aromatic rings. The normalized spacial score (nSPS) is 17.1. The summed E-state index contributed by atoms with van der Waals surface area (Å²) < 4.78 is 5.71. The molecule has 0 unspecified atom stereocenters. The van der Waals surface area contributed by atoms with Crippen LogP contribution < -0.4 is 10.6 Å². The lowest BCUT2D eigenvalue weighted by Crippen LogP contribution is -2.61. The molecular formula is C28H34N2O5. The first-order valence-electron chi connectivity index (χ1n) is 12.6. The van der Waals surface area contributed by atoms with Crippen molar-refractivity contribution in [2.24, 2.45) is 0 Å². The molecule has 186 valence electrons. The number of benzene rings is 2. The molecule has 3 N–H and O–H groups in total. The summed E-state index contributed by atoms with van der Waals surface area (Å²) in [6, 6.07) is 15.8. The van der Waals surface area contributed by atoms with Gasteiger partial charge in [-0.3, -0.25) is 9.59 Å². The number of carbonyl (C=O) groups is 3. The van der Waals surface area contributed by atoms with Crippen LogP contribution >= 0.6 is 0 Å². The Balaban J connectivity index is 1.45. The van der Waals surface area contributed by atoms with Crippen molar-refractivity contribution < 1.29 is 24.2 Å². The number of fused-ring (bicyclic) bond motifs is 3. The number of nitrogens with one attached hydrogen (secondary N) is 2. The second-order valence-electron chi connectivity index (χ2n) is 9.65. The topological polar surface area (TPSA) is 105 Å². The predicted molar refractivity (Wildman–Crippen MR) is 133 cm³/mol. The first-order valence-corrected chi connectivity index (χ1v) is 12.6. The lowest BCUT2D eigenvalue weighted by Gasteiger charge is -2.37. The number of carbonyl (C=O) groups excluding carboxylic acids is 2. The van der Waals surface area contributed by atoms with Gasteiger partial charge in [0.05, 0.1) is 6.42 Å². The molecule has 2 aromatic carbocycles. The Morgan fingerprint density at radius 3 is 2.17 bits per heavy atom. The van der Waals surface area contributed by atoms with Crippen LogP contribution in [0.25, 0.3) is 11.1 Å². The molecule has 2 amide bonds. The molecule has 0 aliphatic heterocycles. The van der Waals surface area contributed by atoms with Crippen LogP contribution in [-0.2, 0) is 14.3 Å². The maximum absolute atomic E-state index is 13.3. The van der Waals surface area contributed by atoms with Crippen LogP contribution in [0.5, 0.6) is 0 Å². The smallest absolute Gasteiger partial charge is 0.408 e. The van der Waals surface area contributed by atoms with Crippen molar-refractivity contribution >= 4 is 18.0 Å². The van der Waals surface area contributed by atoms with Crippen LogP contribution in [0.1, 0.15) is 75.3 Å². The lowest BCUT2D eigenvalue weighted by molar-refractivity contribution is -0.138. The molecule has 35 heavy (non-hydrogen) atoms. The average molecular weight is 479 g/mol. The van der Waals surface area contributed by atoms with Crippen LogP contribution in [0.4, 0.5) is 4.79 Å². The zero-order valence-electron chi connectivity index (χ0n) is 20.2. The van der Waals surface area contributed by atoms with E-state index in [0.29, 0.717) is 19.3 Å². The van der Waals surface area contributed by atoms with E-state index in [1.54, 1.807) is 0 Å². The summed E-state index contributed by atoms with van der Waals surface area (Å²) in [5, 5.41) is 15.0. The van der Waals surface area contributed by atoms with Gasteiger partial charge in [-0.15, -0.1) is 0 Å². The number of amides is 2. The van der Waals surface area contributed by atoms with Gasteiger partial charge in [0.2, 0.25) is 5.91 Å². The van der Waals surface area contributed by atoms with E-state index in [9.17, 15) is 19.5 Å². The number of carboxylic acid groups (broad SMARTS) is 1. The predicted octanol–water partition coefficient (Wildman–Crippen LogP) is 4.99. The Bertz CT molecular complexity index is 1030. The number of hydrogen-bond donors (Lipinski definition) is 3. The van der Waals surface area contributed by atoms with E-state index in [1.807, 2.05) is 31.2 Å². The zero-order valence-corrected chi connectivity index (χ0v) is 20.2. The quantitative estimate of drug-likeness (QED) is 0.471. The number of alkyl carbamates (subject to hydrolysis) is 1. The van der Waals surface area contributed by atoms with Gasteiger partial charge in [-0.05, 0) is 41.5 Å². The number of carboxylic acids is 1. The second kappa shape index (κ2) is 10.9. The largest absolute Gasteiger partial charge is 0.481 e. The average Bonchev–Trinajstić information content (AvgIpc) is 3.17. The van der Waals surface area contributed by atoms with Crippen molar-refractivity contribution in [3.8, 4) is 11.1 Å². The Morgan fingerprint density at radius 2 is 1.60 bits per heavy atom. The van der Waals surface area contributed by atoms with E-state index in [0.717, 1.165) is 47.9 Å². The fourth-order valence-electron chi connectivity index (χ4n) is 5.50. The zero-order chi connectivity index (χ0) is 24.8. The molecule has 2 aliphatic carbocycles. The van der Waals surface area contributed by atoms with E-state index >= 15 is 0 Å². The molecule has 2 aliphatic rings. The van der Waals surface area contributed by atoms with Gasteiger partial charge in [-0.2, -0.15) is 0 Å². The first-order chi connectivity index (χ1) is 16.9. The third kappa shape index (κ3) is 5.50. The van der Waals surface area contributed by atoms with Crippen molar-refractivity contribution in [1.29, 1.82) is 0 Å². The molecule has 0 heterocycles. The fourth-order valence-corrected chi connectivity index (χ4v) is 5.50. The first kappa shape index (κ1) is 24.8. The van der Waals surface area contributed by atoms with Crippen LogP contribution in [-0.4, -0.2) is 41.3 Å². The van der Waals surface area contributed by atoms with Gasteiger partial charge in [0.25, 0.3) is 0 Å². The third-order valence-corrected chi connectivity index (χ3v) is 7.22. The summed E-state index contributed by atoms with van der Waals surface area (Å²) in [6.45, 7) is 2.13. The Morgan fingerprint density at radius 1 is 1.00 bits per heavy atom. The monoisotopic (exact) mass is 478 g/mol. The van der Waals surface area contributed by atoms with Crippen LogP contribution in [0.3, 0.4) is 0 Å². The van der Waals surface area contributed by atoms with E-state index in [2.05, 4.69) is 34.9 Å².